The van der Waals surface area contributed by atoms with Crippen LogP contribution < -0.4 is 4.74 Å². The summed E-state index contributed by atoms with van der Waals surface area (Å²) in [5, 5.41) is 9.68. The highest BCUT2D eigenvalue weighted by Gasteiger charge is 2.32. The van der Waals surface area contributed by atoms with Crippen LogP contribution in [0.4, 0.5) is 0 Å². The van der Waals surface area contributed by atoms with Crippen LogP contribution in [-0.4, -0.2) is 55.4 Å². The van der Waals surface area contributed by atoms with Crippen LogP contribution in [-0.2, 0) is 16.0 Å². The van der Waals surface area contributed by atoms with Crippen molar-refractivity contribution in [2.75, 3.05) is 33.4 Å². The molecule has 1 aromatic carbocycles. The Morgan fingerprint density at radius 3 is 3.05 bits per heavy atom. The van der Waals surface area contributed by atoms with Gasteiger partial charge in [-0.25, -0.2) is 0 Å². The van der Waals surface area contributed by atoms with Gasteiger partial charge in [-0.2, -0.15) is 0 Å². The van der Waals surface area contributed by atoms with Crippen LogP contribution in [0.5, 0.6) is 5.75 Å². The van der Waals surface area contributed by atoms with Gasteiger partial charge in [0.05, 0.1) is 13.2 Å². The molecule has 5 nitrogen and oxygen atoms in total. The van der Waals surface area contributed by atoms with Gasteiger partial charge in [-0.3, -0.25) is 4.79 Å². The van der Waals surface area contributed by atoms with Crippen LogP contribution in [0, 0.1) is 0 Å². The molecular weight excluding hydrogens is 282 g/mol. The fourth-order valence-corrected chi connectivity index (χ4v) is 2.41. The average Bonchev–Trinajstić information content (AvgIpc) is 2.85. The van der Waals surface area contributed by atoms with E-state index in [1.165, 1.54) is 0 Å². The zero-order valence-electron chi connectivity index (χ0n) is 11.3. The third kappa shape index (κ3) is 3.42. The summed E-state index contributed by atoms with van der Waals surface area (Å²) < 4.78 is 10.6. The van der Waals surface area contributed by atoms with Crippen LogP contribution in [0.2, 0.25) is 5.02 Å². The summed E-state index contributed by atoms with van der Waals surface area (Å²) in [6, 6.07) is 5.33. The maximum atomic E-state index is 12.4. The van der Waals surface area contributed by atoms with Crippen molar-refractivity contribution in [1.82, 2.24) is 4.90 Å². The lowest BCUT2D eigenvalue weighted by Crippen LogP contribution is -2.44. The predicted molar refractivity (Wildman–Crippen MR) is 75.1 cm³/mol. The third-order valence-electron chi connectivity index (χ3n) is 3.22. The van der Waals surface area contributed by atoms with E-state index in [-0.39, 0.29) is 19.1 Å². The van der Waals surface area contributed by atoms with E-state index in [0.29, 0.717) is 30.3 Å². The van der Waals surface area contributed by atoms with Crippen molar-refractivity contribution >= 4 is 17.5 Å². The Labute approximate surface area is 123 Å². The van der Waals surface area contributed by atoms with Gasteiger partial charge < -0.3 is 19.5 Å². The number of aliphatic hydroxyl groups is 1. The Morgan fingerprint density at radius 2 is 2.35 bits per heavy atom. The monoisotopic (exact) mass is 299 g/mol. The lowest BCUT2D eigenvalue weighted by atomic mass is 10.1. The molecule has 1 N–H and O–H groups in total. The third-order valence-corrected chi connectivity index (χ3v) is 3.45. The van der Waals surface area contributed by atoms with E-state index < -0.39 is 6.10 Å². The molecule has 6 heteroatoms. The van der Waals surface area contributed by atoms with E-state index in [1.807, 2.05) is 6.07 Å². The minimum atomic E-state index is -0.549. The fourth-order valence-electron chi connectivity index (χ4n) is 2.21. The van der Waals surface area contributed by atoms with Crippen LogP contribution in [0.3, 0.4) is 0 Å². The number of ether oxygens (including phenoxy) is 2. The molecule has 0 saturated heterocycles. The van der Waals surface area contributed by atoms with Crippen molar-refractivity contribution in [2.24, 2.45) is 0 Å². The summed E-state index contributed by atoms with van der Waals surface area (Å²) in [5.74, 6) is 0.562. The zero-order chi connectivity index (χ0) is 14.5. The first-order valence-electron chi connectivity index (χ1n) is 6.49. The average molecular weight is 300 g/mol. The number of carbonyl (C=O) groups excluding carboxylic acids is 1. The second kappa shape index (κ2) is 6.92. The molecule has 0 aromatic heterocycles. The summed E-state index contributed by atoms with van der Waals surface area (Å²) in [4.78, 5) is 14.0. The van der Waals surface area contributed by atoms with E-state index in [2.05, 4.69) is 0 Å². The van der Waals surface area contributed by atoms with E-state index in [1.54, 1.807) is 24.1 Å². The maximum Gasteiger partial charge on any atom is 0.264 e. The van der Waals surface area contributed by atoms with Crippen molar-refractivity contribution in [3.05, 3.63) is 28.8 Å². The predicted octanol–water partition coefficient (Wildman–Crippen LogP) is 1.11. The molecule has 0 bridgehead atoms. The first-order valence-corrected chi connectivity index (χ1v) is 6.87. The quantitative estimate of drug-likeness (QED) is 0.855. The molecule has 0 saturated carbocycles. The topological polar surface area (TPSA) is 59.0 Å². The number of rotatable bonds is 6. The van der Waals surface area contributed by atoms with Crippen LogP contribution in [0.25, 0.3) is 0 Å². The van der Waals surface area contributed by atoms with Gasteiger partial charge in [0.2, 0.25) is 0 Å². The van der Waals surface area contributed by atoms with Crippen LogP contribution in [0.15, 0.2) is 18.2 Å². The number of amides is 1. The Hall–Kier alpha value is -1.30. The largest absolute Gasteiger partial charge is 0.480 e. The molecule has 1 aromatic rings. The van der Waals surface area contributed by atoms with Gasteiger partial charge in [0.15, 0.2) is 6.10 Å². The maximum absolute atomic E-state index is 12.4. The molecule has 1 unspecified atom stereocenters. The Kier molecular flexibility index (Phi) is 5.23. The summed E-state index contributed by atoms with van der Waals surface area (Å²) in [6.07, 6.45) is -0.0456. The number of nitrogens with zero attached hydrogens (tertiary/aromatic N) is 1. The van der Waals surface area contributed by atoms with Crippen LogP contribution in [0.1, 0.15) is 5.56 Å². The van der Waals surface area contributed by atoms with Crippen LogP contribution >= 0.6 is 11.6 Å². The Balaban J connectivity index is 2.03. The SMILES string of the molecule is COCCN(CCO)C(=O)C1Cc2cc(Cl)ccc2O1. The van der Waals surface area contributed by atoms with E-state index >= 15 is 0 Å². The van der Waals surface area contributed by atoms with Gasteiger partial charge in [-0.15, -0.1) is 0 Å². The Morgan fingerprint density at radius 1 is 1.55 bits per heavy atom. The van der Waals surface area contributed by atoms with E-state index in [0.717, 1.165) is 5.56 Å². The first kappa shape index (κ1) is 15.1. The summed E-state index contributed by atoms with van der Waals surface area (Å²) in [7, 11) is 1.57. The van der Waals surface area contributed by atoms with Gasteiger partial charge in [0.1, 0.15) is 5.75 Å². The van der Waals surface area contributed by atoms with Gasteiger partial charge in [-0.05, 0) is 23.8 Å². The fraction of sp³-hybridized carbons (Fsp3) is 0.500. The molecular formula is C14H18ClNO4. The Bertz CT molecular complexity index is 480. The zero-order valence-corrected chi connectivity index (χ0v) is 12.1. The van der Waals surface area contributed by atoms with Crippen molar-refractivity contribution in [3.8, 4) is 5.75 Å². The highest BCUT2D eigenvalue weighted by molar-refractivity contribution is 6.30. The van der Waals surface area contributed by atoms with Crippen molar-refractivity contribution in [3.63, 3.8) is 0 Å². The van der Waals surface area contributed by atoms with Crippen molar-refractivity contribution < 1.29 is 19.4 Å². The number of methoxy groups -OCH3 is 1. The summed E-state index contributed by atoms with van der Waals surface area (Å²) in [5.41, 5.74) is 0.937. The number of carbonyl (C=O) groups is 1. The highest BCUT2D eigenvalue weighted by atomic mass is 35.5. The molecule has 0 radical (unpaired) electrons. The molecule has 1 aliphatic heterocycles. The minimum absolute atomic E-state index is 0.0824. The highest BCUT2D eigenvalue weighted by Crippen LogP contribution is 2.31. The van der Waals surface area contributed by atoms with Gasteiger partial charge >= 0.3 is 0 Å². The van der Waals surface area contributed by atoms with Gasteiger partial charge in [-0.1, -0.05) is 11.6 Å². The number of benzene rings is 1. The standard InChI is InChI=1S/C14H18ClNO4/c1-19-7-5-16(4-6-17)14(18)13-9-10-8-11(15)2-3-12(10)20-13/h2-3,8,13,17H,4-7,9H2,1H3. The first-order chi connectivity index (χ1) is 9.65. The smallest absolute Gasteiger partial charge is 0.264 e. The second-order valence-corrected chi connectivity index (χ2v) is 5.04. The lowest BCUT2D eigenvalue weighted by Gasteiger charge is -2.24. The lowest BCUT2D eigenvalue weighted by molar-refractivity contribution is -0.139. The van der Waals surface area contributed by atoms with Gasteiger partial charge in [0, 0.05) is 31.6 Å². The number of aliphatic hydroxyl groups excluding tert-OH is 1. The molecule has 1 atom stereocenters. The number of halogens is 1. The molecule has 0 fully saturated rings. The molecule has 1 amide bonds. The molecule has 0 aliphatic carbocycles. The molecule has 2 rings (SSSR count). The summed E-state index contributed by atoms with van der Waals surface area (Å²) >= 11 is 5.93. The van der Waals surface area contributed by atoms with E-state index in [9.17, 15) is 4.79 Å². The van der Waals surface area contributed by atoms with Gasteiger partial charge in [0.25, 0.3) is 5.91 Å². The molecule has 110 valence electrons. The number of hydrogen-bond acceptors (Lipinski definition) is 4. The second-order valence-electron chi connectivity index (χ2n) is 4.60. The van der Waals surface area contributed by atoms with Crippen molar-refractivity contribution in [1.29, 1.82) is 0 Å². The minimum Gasteiger partial charge on any atom is -0.480 e. The summed E-state index contributed by atoms with van der Waals surface area (Å²) in [6.45, 7) is 1.06. The number of hydrogen-bond donors (Lipinski definition) is 1. The normalized spacial score (nSPS) is 16.6. The molecule has 20 heavy (non-hydrogen) atoms. The molecule has 1 aliphatic rings. The van der Waals surface area contributed by atoms with E-state index in [4.69, 9.17) is 26.2 Å². The molecule has 1 heterocycles. The number of fused-ring (bicyclic) bond motifs is 1. The molecule has 0 spiro atoms. The van der Waals surface area contributed by atoms with Crippen molar-refractivity contribution in [2.45, 2.75) is 12.5 Å².